The summed E-state index contributed by atoms with van der Waals surface area (Å²) in [5.41, 5.74) is 4.87. The van der Waals surface area contributed by atoms with Gasteiger partial charge in [-0.05, 0) is 46.1 Å². The van der Waals surface area contributed by atoms with Gasteiger partial charge in [-0.25, -0.2) is 5.43 Å². The fraction of sp³-hybridized carbons (Fsp3) is 0.250. The molecule has 2 aromatic rings. The van der Waals surface area contributed by atoms with Crippen molar-refractivity contribution in [2.75, 3.05) is 6.61 Å². The normalized spacial score (nSPS) is 12.2. The van der Waals surface area contributed by atoms with Crippen LogP contribution in [0.2, 0.25) is 5.02 Å². The molecular weight excluding hydrogens is 352 g/mol. The summed E-state index contributed by atoms with van der Waals surface area (Å²) in [6.45, 7) is 2.76. The molecule has 0 saturated heterocycles. The lowest BCUT2D eigenvalue weighted by Gasteiger charge is -2.20. The van der Waals surface area contributed by atoms with Crippen LogP contribution in [0.1, 0.15) is 30.5 Å². The van der Waals surface area contributed by atoms with Crippen LogP contribution in [0.5, 0.6) is 5.75 Å². The first kappa shape index (κ1) is 16.3. The van der Waals surface area contributed by atoms with Gasteiger partial charge in [0.15, 0.2) is 0 Å². The maximum Gasteiger partial charge on any atom is 0.124 e. The molecular formula is C16H18BrClN2O. The van der Waals surface area contributed by atoms with E-state index in [1.807, 2.05) is 42.5 Å². The van der Waals surface area contributed by atoms with E-state index in [0.29, 0.717) is 11.6 Å². The lowest BCUT2D eigenvalue weighted by atomic mass is 9.98. The van der Waals surface area contributed by atoms with Gasteiger partial charge >= 0.3 is 0 Å². The third-order valence-corrected chi connectivity index (χ3v) is 4.35. The Hall–Kier alpha value is -1.07. The number of halogens is 2. The van der Waals surface area contributed by atoms with Crippen molar-refractivity contribution in [1.82, 2.24) is 5.43 Å². The Kier molecular flexibility index (Phi) is 6.06. The number of hydrogen-bond donors (Lipinski definition) is 2. The van der Waals surface area contributed by atoms with E-state index in [1.54, 1.807) is 0 Å². The third kappa shape index (κ3) is 3.98. The molecule has 0 heterocycles. The van der Waals surface area contributed by atoms with Crippen LogP contribution in [0.4, 0.5) is 0 Å². The summed E-state index contributed by atoms with van der Waals surface area (Å²) < 4.78 is 6.65. The second-order valence-electron chi connectivity index (χ2n) is 4.66. The number of ether oxygens (including phenoxy) is 1. The number of rotatable bonds is 6. The molecule has 0 radical (unpaired) electrons. The van der Waals surface area contributed by atoms with Gasteiger partial charge in [-0.2, -0.15) is 0 Å². The average Bonchev–Trinajstić information content (AvgIpc) is 2.50. The van der Waals surface area contributed by atoms with Crippen molar-refractivity contribution in [3.8, 4) is 5.75 Å². The molecule has 112 valence electrons. The molecule has 0 aromatic heterocycles. The number of benzene rings is 2. The molecule has 2 rings (SSSR count). The summed E-state index contributed by atoms with van der Waals surface area (Å²) in [6.07, 6.45) is 0.960. The van der Waals surface area contributed by atoms with Crippen molar-refractivity contribution >= 4 is 27.5 Å². The number of hydrazine groups is 1. The molecule has 0 aliphatic rings. The summed E-state index contributed by atoms with van der Waals surface area (Å²) in [5, 5.41) is 0.671. The van der Waals surface area contributed by atoms with Crippen LogP contribution < -0.4 is 16.0 Å². The van der Waals surface area contributed by atoms with Crippen LogP contribution in [0.25, 0.3) is 0 Å². The zero-order chi connectivity index (χ0) is 15.2. The minimum absolute atomic E-state index is 0.161. The van der Waals surface area contributed by atoms with Crippen LogP contribution in [0.3, 0.4) is 0 Å². The molecule has 3 N–H and O–H groups in total. The summed E-state index contributed by atoms with van der Waals surface area (Å²) >= 11 is 9.50. The molecule has 0 bridgehead atoms. The Morgan fingerprint density at radius 1 is 1.29 bits per heavy atom. The minimum Gasteiger partial charge on any atom is -0.493 e. The first-order valence-electron chi connectivity index (χ1n) is 6.80. The average molecular weight is 370 g/mol. The van der Waals surface area contributed by atoms with Gasteiger partial charge in [0, 0.05) is 10.0 Å². The van der Waals surface area contributed by atoms with Gasteiger partial charge in [-0.3, -0.25) is 5.84 Å². The van der Waals surface area contributed by atoms with Gasteiger partial charge in [0.05, 0.1) is 17.7 Å². The van der Waals surface area contributed by atoms with Gasteiger partial charge in [-0.1, -0.05) is 42.8 Å². The van der Waals surface area contributed by atoms with Gasteiger partial charge in [0.1, 0.15) is 5.75 Å². The molecule has 0 saturated carbocycles. The van der Waals surface area contributed by atoms with Crippen LogP contribution in [-0.4, -0.2) is 6.61 Å². The van der Waals surface area contributed by atoms with Gasteiger partial charge in [0.25, 0.3) is 0 Å². The van der Waals surface area contributed by atoms with Crippen LogP contribution in [-0.2, 0) is 0 Å². The Balaban J connectivity index is 2.38. The lowest BCUT2D eigenvalue weighted by molar-refractivity contribution is 0.311. The van der Waals surface area contributed by atoms with Crippen LogP contribution >= 0.6 is 27.5 Å². The third-order valence-electron chi connectivity index (χ3n) is 3.14. The molecule has 0 spiro atoms. The van der Waals surface area contributed by atoms with E-state index in [0.717, 1.165) is 27.8 Å². The molecule has 0 amide bonds. The molecule has 1 unspecified atom stereocenters. The number of para-hydroxylation sites is 1. The lowest BCUT2D eigenvalue weighted by Crippen LogP contribution is -2.29. The van der Waals surface area contributed by atoms with Crippen molar-refractivity contribution in [3.63, 3.8) is 0 Å². The predicted octanol–water partition coefficient (Wildman–Crippen LogP) is 4.44. The van der Waals surface area contributed by atoms with E-state index in [4.69, 9.17) is 22.2 Å². The fourth-order valence-corrected chi connectivity index (χ4v) is 2.63. The standard InChI is InChI=1S/C16H18BrClN2O/c1-2-9-21-15-6-4-3-5-12(15)16(20-19)11-7-8-14(18)13(17)10-11/h3-8,10,16,20H,2,9,19H2,1H3. The number of nitrogens with one attached hydrogen (secondary N) is 1. The zero-order valence-corrected chi connectivity index (χ0v) is 14.1. The molecule has 5 heteroatoms. The van der Waals surface area contributed by atoms with Gasteiger partial charge in [-0.15, -0.1) is 0 Å². The van der Waals surface area contributed by atoms with Crippen molar-refractivity contribution in [2.45, 2.75) is 19.4 Å². The van der Waals surface area contributed by atoms with Crippen LogP contribution in [0.15, 0.2) is 46.9 Å². The SMILES string of the molecule is CCCOc1ccccc1C(NN)c1ccc(Cl)c(Br)c1. The summed E-state index contributed by atoms with van der Waals surface area (Å²) in [4.78, 5) is 0. The maximum atomic E-state index is 6.05. The second-order valence-corrected chi connectivity index (χ2v) is 5.92. The Bertz CT molecular complexity index is 607. The topological polar surface area (TPSA) is 47.3 Å². The molecule has 1 atom stereocenters. The van der Waals surface area contributed by atoms with E-state index in [1.165, 1.54) is 0 Å². The summed E-state index contributed by atoms with van der Waals surface area (Å²) in [5.74, 6) is 6.61. The highest BCUT2D eigenvalue weighted by Gasteiger charge is 2.17. The van der Waals surface area contributed by atoms with E-state index in [-0.39, 0.29) is 6.04 Å². The van der Waals surface area contributed by atoms with Gasteiger partial charge in [0.2, 0.25) is 0 Å². The van der Waals surface area contributed by atoms with Crippen LogP contribution in [0, 0.1) is 0 Å². The van der Waals surface area contributed by atoms with Crippen molar-refractivity contribution in [3.05, 3.63) is 63.1 Å². The van der Waals surface area contributed by atoms with E-state index in [9.17, 15) is 0 Å². The highest BCUT2D eigenvalue weighted by Crippen LogP contribution is 2.32. The fourth-order valence-electron chi connectivity index (χ4n) is 2.12. The minimum atomic E-state index is -0.161. The van der Waals surface area contributed by atoms with Crippen molar-refractivity contribution in [1.29, 1.82) is 0 Å². The maximum absolute atomic E-state index is 6.05. The molecule has 0 fully saturated rings. The first-order valence-corrected chi connectivity index (χ1v) is 7.97. The predicted molar refractivity (Wildman–Crippen MR) is 90.5 cm³/mol. The summed E-state index contributed by atoms with van der Waals surface area (Å²) in [6, 6.07) is 13.5. The molecule has 2 aromatic carbocycles. The van der Waals surface area contributed by atoms with Gasteiger partial charge < -0.3 is 4.74 Å². The largest absolute Gasteiger partial charge is 0.493 e. The van der Waals surface area contributed by atoms with E-state index >= 15 is 0 Å². The zero-order valence-electron chi connectivity index (χ0n) is 11.8. The highest BCUT2D eigenvalue weighted by molar-refractivity contribution is 9.10. The highest BCUT2D eigenvalue weighted by atomic mass is 79.9. The quantitative estimate of drug-likeness (QED) is 0.584. The Morgan fingerprint density at radius 2 is 2.05 bits per heavy atom. The number of hydrogen-bond acceptors (Lipinski definition) is 3. The van der Waals surface area contributed by atoms with Crippen molar-refractivity contribution < 1.29 is 4.74 Å². The molecule has 21 heavy (non-hydrogen) atoms. The van der Waals surface area contributed by atoms with Crippen molar-refractivity contribution in [2.24, 2.45) is 5.84 Å². The first-order chi connectivity index (χ1) is 10.2. The van der Waals surface area contributed by atoms with E-state index < -0.39 is 0 Å². The monoisotopic (exact) mass is 368 g/mol. The molecule has 0 aliphatic carbocycles. The number of nitrogens with two attached hydrogens (primary N) is 1. The Morgan fingerprint density at radius 3 is 2.71 bits per heavy atom. The molecule has 0 aliphatic heterocycles. The Labute approximate surface area is 138 Å². The smallest absolute Gasteiger partial charge is 0.124 e. The second kappa shape index (κ2) is 7.80. The van der Waals surface area contributed by atoms with E-state index in [2.05, 4.69) is 28.3 Å². The molecule has 3 nitrogen and oxygen atoms in total. The summed E-state index contributed by atoms with van der Waals surface area (Å²) in [7, 11) is 0.